The van der Waals surface area contributed by atoms with Gasteiger partial charge in [-0.2, -0.15) is 0 Å². The van der Waals surface area contributed by atoms with E-state index in [1.165, 1.54) is 0 Å². The molecule has 0 bridgehead atoms. The molecule has 0 aliphatic carbocycles. The Morgan fingerprint density at radius 2 is 1.28 bits per heavy atom. The lowest BCUT2D eigenvalue weighted by molar-refractivity contribution is 0.372. The summed E-state index contributed by atoms with van der Waals surface area (Å²) in [5, 5.41) is 3.92. The van der Waals surface area contributed by atoms with Crippen LogP contribution in [0.15, 0.2) is 66.7 Å². The van der Waals surface area contributed by atoms with Gasteiger partial charge in [0, 0.05) is 24.3 Å². The zero-order valence-corrected chi connectivity index (χ0v) is 19.6. The van der Waals surface area contributed by atoms with E-state index in [-0.39, 0.29) is 0 Å². The smallest absolute Gasteiger partial charge is 0.174 e. The molecule has 0 aliphatic rings. The van der Waals surface area contributed by atoms with Gasteiger partial charge in [0.2, 0.25) is 0 Å². The number of rotatable bonds is 9. The summed E-state index contributed by atoms with van der Waals surface area (Å²) >= 11 is 5.79. The Kier molecular flexibility index (Phi) is 8.16. The van der Waals surface area contributed by atoms with Crippen LogP contribution in [0.5, 0.6) is 23.0 Å². The van der Waals surface area contributed by atoms with Crippen molar-refractivity contribution in [2.75, 3.05) is 33.8 Å². The van der Waals surface area contributed by atoms with Gasteiger partial charge in [-0.05, 0) is 72.4 Å². The first-order valence-electron chi connectivity index (χ1n) is 10.1. The van der Waals surface area contributed by atoms with Gasteiger partial charge in [-0.25, -0.2) is 0 Å². The largest absolute Gasteiger partial charge is 0.497 e. The average molecular weight is 453 g/mol. The van der Waals surface area contributed by atoms with Crippen LogP contribution in [0.4, 0.5) is 5.69 Å². The molecule has 0 saturated carbocycles. The number of methoxy groups -OCH3 is 4. The number of ether oxygens (including phenoxy) is 4. The van der Waals surface area contributed by atoms with Gasteiger partial charge in [-0.15, -0.1) is 0 Å². The maximum Gasteiger partial charge on any atom is 0.174 e. The van der Waals surface area contributed by atoms with Gasteiger partial charge in [0.25, 0.3) is 0 Å². The van der Waals surface area contributed by atoms with Crippen LogP contribution < -0.4 is 24.3 Å². The summed E-state index contributed by atoms with van der Waals surface area (Å²) in [5.41, 5.74) is 2.96. The normalized spacial score (nSPS) is 10.2. The summed E-state index contributed by atoms with van der Waals surface area (Å²) in [5.74, 6) is 3.14. The van der Waals surface area contributed by atoms with Gasteiger partial charge in [0.05, 0.1) is 28.4 Å². The third-order valence-corrected chi connectivity index (χ3v) is 5.37. The Hall–Kier alpha value is -3.45. The summed E-state index contributed by atoms with van der Waals surface area (Å²) in [4.78, 5) is 2.08. The molecule has 0 saturated heterocycles. The Balaban J connectivity index is 1.86. The highest BCUT2D eigenvalue weighted by molar-refractivity contribution is 7.80. The highest BCUT2D eigenvalue weighted by Gasteiger charge is 2.15. The van der Waals surface area contributed by atoms with E-state index in [1.54, 1.807) is 28.4 Å². The molecule has 0 radical (unpaired) electrons. The zero-order valence-electron chi connectivity index (χ0n) is 18.8. The van der Waals surface area contributed by atoms with Crippen LogP contribution in [0.2, 0.25) is 0 Å². The van der Waals surface area contributed by atoms with Crippen LogP contribution in [0.25, 0.3) is 0 Å². The molecule has 0 aromatic heterocycles. The van der Waals surface area contributed by atoms with Crippen LogP contribution in [-0.2, 0) is 13.1 Å². The molecule has 168 valence electrons. The van der Waals surface area contributed by atoms with Crippen molar-refractivity contribution in [2.45, 2.75) is 13.1 Å². The van der Waals surface area contributed by atoms with Gasteiger partial charge in [-0.1, -0.05) is 12.1 Å². The molecule has 0 spiro atoms. The fourth-order valence-electron chi connectivity index (χ4n) is 3.24. The third-order valence-electron chi connectivity index (χ3n) is 5.01. The molecule has 0 amide bonds. The van der Waals surface area contributed by atoms with Crippen molar-refractivity contribution in [3.63, 3.8) is 0 Å². The minimum atomic E-state index is 0.536. The monoisotopic (exact) mass is 452 g/mol. The molecule has 1 N–H and O–H groups in total. The fraction of sp³-hybridized carbons (Fsp3) is 0.240. The van der Waals surface area contributed by atoms with Crippen molar-refractivity contribution >= 4 is 23.0 Å². The number of thiocarbonyl (C=S) groups is 1. The van der Waals surface area contributed by atoms with Crippen LogP contribution in [0, 0.1) is 0 Å². The minimum absolute atomic E-state index is 0.536. The lowest BCUT2D eigenvalue weighted by atomic mass is 10.1. The first kappa shape index (κ1) is 23.2. The zero-order chi connectivity index (χ0) is 22.9. The van der Waals surface area contributed by atoms with Crippen molar-refractivity contribution in [2.24, 2.45) is 0 Å². The van der Waals surface area contributed by atoms with E-state index >= 15 is 0 Å². The van der Waals surface area contributed by atoms with Crippen molar-refractivity contribution in [3.05, 3.63) is 77.9 Å². The number of hydrogen-bond donors (Lipinski definition) is 1. The van der Waals surface area contributed by atoms with E-state index in [0.29, 0.717) is 18.2 Å². The number of nitrogens with zero attached hydrogens (tertiary/aromatic N) is 1. The van der Waals surface area contributed by atoms with Gasteiger partial charge >= 0.3 is 0 Å². The summed E-state index contributed by atoms with van der Waals surface area (Å²) < 4.78 is 21.5. The molecule has 0 fully saturated rings. The minimum Gasteiger partial charge on any atom is -0.497 e. The van der Waals surface area contributed by atoms with Crippen LogP contribution in [0.3, 0.4) is 0 Å². The van der Waals surface area contributed by atoms with Crippen LogP contribution in [-0.4, -0.2) is 38.5 Å². The second-order valence-corrected chi connectivity index (χ2v) is 7.43. The van der Waals surface area contributed by atoms with E-state index in [0.717, 1.165) is 39.8 Å². The average Bonchev–Trinajstić information content (AvgIpc) is 2.84. The second-order valence-electron chi connectivity index (χ2n) is 7.04. The van der Waals surface area contributed by atoms with Crippen molar-refractivity contribution in [3.8, 4) is 23.0 Å². The molecule has 0 unspecified atom stereocenters. The molecule has 0 heterocycles. The molecule has 6 nitrogen and oxygen atoms in total. The standard InChI is InChI=1S/C25H28N2O4S/c1-28-21-9-5-18(6-10-21)16-27(17-19-15-23(30-3)13-14-24(19)31-4)25(32)26-20-7-11-22(29-2)12-8-20/h5-15H,16-17H2,1-4H3,(H,26,32). The van der Waals surface area contributed by atoms with E-state index in [9.17, 15) is 0 Å². The summed E-state index contributed by atoms with van der Waals surface area (Å²) in [6.45, 7) is 1.14. The first-order valence-corrected chi connectivity index (χ1v) is 10.5. The highest BCUT2D eigenvalue weighted by atomic mass is 32.1. The van der Waals surface area contributed by atoms with E-state index in [1.807, 2.05) is 66.7 Å². The predicted octanol–water partition coefficient (Wildman–Crippen LogP) is 5.12. The van der Waals surface area contributed by atoms with E-state index in [4.69, 9.17) is 31.2 Å². The van der Waals surface area contributed by atoms with Gasteiger partial charge in [0.15, 0.2) is 5.11 Å². The Morgan fingerprint density at radius 3 is 1.84 bits per heavy atom. The fourth-order valence-corrected chi connectivity index (χ4v) is 3.49. The van der Waals surface area contributed by atoms with Gasteiger partial charge < -0.3 is 29.2 Å². The Bertz CT molecular complexity index is 1020. The van der Waals surface area contributed by atoms with Crippen molar-refractivity contribution in [1.29, 1.82) is 0 Å². The predicted molar refractivity (Wildman–Crippen MR) is 131 cm³/mol. The third kappa shape index (κ3) is 6.04. The van der Waals surface area contributed by atoms with Crippen molar-refractivity contribution < 1.29 is 18.9 Å². The lowest BCUT2D eigenvalue weighted by Crippen LogP contribution is -2.34. The molecule has 3 aromatic carbocycles. The van der Waals surface area contributed by atoms with Crippen LogP contribution >= 0.6 is 12.2 Å². The molecule has 32 heavy (non-hydrogen) atoms. The SMILES string of the molecule is COc1ccc(CN(Cc2cc(OC)ccc2OC)C(=S)Nc2ccc(OC)cc2)cc1. The second kappa shape index (κ2) is 11.2. The van der Waals surface area contributed by atoms with Crippen LogP contribution in [0.1, 0.15) is 11.1 Å². The molecule has 0 atom stereocenters. The van der Waals surface area contributed by atoms with Gasteiger partial charge in [-0.3, -0.25) is 0 Å². The van der Waals surface area contributed by atoms with E-state index in [2.05, 4.69) is 10.2 Å². The van der Waals surface area contributed by atoms with E-state index < -0.39 is 0 Å². The maximum absolute atomic E-state index is 5.79. The molecule has 3 rings (SSSR count). The molecular weight excluding hydrogens is 424 g/mol. The first-order chi connectivity index (χ1) is 15.6. The molecular formula is C25H28N2O4S. The number of nitrogens with one attached hydrogen (secondary N) is 1. The summed E-state index contributed by atoms with van der Waals surface area (Å²) in [7, 11) is 6.61. The highest BCUT2D eigenvalue weighted by Crippen LogP contribution is 2.27. The number of hydrogen-bond acceptors (Lipinski definition) is 5. The summed E-state index contributed by atoms with van der Waals surface area (Å²) in [6, 6.07) is 21.4. The Labute approximate surface area is 194 Å². The van der Waals surface area contributed by atoms with Crippen molar-refractivity contribution in [1.82, 2.24) is 4.90 Å². The lowest BCUT2D eigenvalue weighted by Gasteiger charge is -2.27. The number of benzene rings is 3. The topological polar surface area (TPSA) is 52.2 Å². The number of anilines is 1. The Morgan fingerprint density at radius 1 is 0.719 bits per heavy atom. The maximum atomic E-state index is 5.79. The molecule has 0 aliphatic heterocycles. The molecule has 7 heteroatoms. The van der Waals surface area contributed by atoms with Gasteiger partial charge in [0.1, 0.15) is 23.0 Å². The quantitative estimate of drug-likeness (QED) is 0.452. The summed E-state index contributed by atoms with van der Waals surface area (Å²) in [6.07, 6.45) is 0. The molecule has 3 aromatic rings.